The summed E-state index contributed by atoms with van der Waals surface area (Å²) in [5.41, 5.74) is 3.18. The van der Waals surface area contributed by atoms with Crippen molar-refractivity contribution in [1.29, 1.82) is 0 Å². The lowest BCUT2D eigenvalue weighted by atomic mass is 9.98. The van der Waals surface area contributed by atoms with Gasteiger partial charge in [0.25, 0.3) is 17.7 Å². The number of piperidine rings is 1. The molecule has 4 aromatic rings. The van der Waals surface area contributed by atoms with E-state index >= 15 is 0 Å². The Hall–Kier alpha value is -5.65. The number of nitrogens with one attached hydrogen (secondary N) is 2. The smallest absolute Gasteiger partial charge is 0.258 e. The second kappa shape index (κ2) is 14.0. The molecule has 0 saturated carbocycles. The van der Waals surface area contributed by atoms with Gasteiger partial charge in [0.1, 0.15) is 34.9 Å². The topological polar surface area (TPSA) is 128 Å². The van der Waals surface area contributed by atoms with Crippen LogP contribution in [-0.2, 0) is 11.3 Å². The van der Waals surface area contributed by atoms with Crippen LogP contribution in [0.5, 0.6) is 23.0 Å². The van der Waals surface area contributed by atoms with Gasteiger partial charge in [-0.1, -0.05) is 12.1 Å². The molecule has 3 amide bonds. The second-order valence-corrected chi connectivity index (χ2v) is 11.6. The molecule has 2 N–H and O–H groups in total. The van der Waals surface area contributed by atoms with Gasteiger partial charge in [-0.2, -0.15) is 0 Å². The highest BCUT2D eigenvalue weighted by Gasteiger charge is 2.36. The monoisotopic (exact) mass is 654 g/mol. The molecular formula is C36H35FN4O7. The molecule has 1 aromatic heterocycles. The Morgan fingerprint density at radius 3 is 2.62 bits per heavy atom. The first-order chi connectivity index (χ1) is 23.2. The van der Waals surface area contributed by atoms with Gasteiger partial charge in [0.15, 0.2) is 6.61 Å². The van der Waals surface area contributed by atoms with Crippen molar-refractivity contribution < 1.29 is 37.7 Å². The number of amides is 3. The Balaban J connectivity index is 1.37. The fourth-order valence-electron chi connectivity index (χ4n) is 5.89. The van der Waals surface area contributed by atoms with Crippen molar-refractivity contribution in [3.63, 3.8) is 0 Å². The zero-order valence-corrected chi connectivity index (χ0v) is 26.7. The largest absolute Gasteiger partial charge is 0.496 e. The van der Waals surface area contributed by atoms with E-state index in [2.05, 4.69) is 15.6 Å². The molecule has 2 aliphatic heterocycles. The number of pyridine rings is 1. The predicted molar refractivity (Wildman–Crippen MR) is 174 cm³/mol. The molecule has 0 radical (unpaired) electrons. The summed E-state index contributed by atoms with van der Waals surface area (Å²) >= 11 is 0. The quantitative estimate of drug-likeness (QED) is 0.335. The molecule has 0 unspecified atom stereocenters. The number of aryl methyl sites for hydroxylation is 1. The number of nitrogens with zero attached hydrogens (tertiary/aromatic N) is 2. The van der Waals surface area contributed by atoms with E-state index in [1.165, 1.54) is 32.5 Å². The van der Waals surface area contributed by atoms with Gasteiger partial charge in [0.2, 0.25) is 0 Å². The van der Waals surface area contributed by atoms with Crippen molar-refractivity contribution >= 4 is 17.7 Å². The minimum absolute atomic E-state index is 0.0413. The van der Waals surface area contributed by atoms with E-state index in [1.807, 2.05) is 6.07 Å². The summed E-state index contributed by atoms with van der Waals surface area (Å²) in [4.78, 5) is 46.2. The molecule has 2 aliphatic rings. The minimum Gasteiger partial charge on any atom is -0.496 e. The molecule has 0 spiro atoms. The minimum atomic E-state index is -0.681. The Labute approximate surface area is 277 Å². The van der Waals surface area contributed by atoms with Crippen LogP contribution in [0.1, 0.15) is 38.4 Å². The molecule has 3 aromatic carbocycles. The van der Waals surface area contributed by atoms with Crippen molar-refractivity contribution in [3.05, 3.63) is 101 Å². The van der Waals surface area contributed by atoms with Crippen molar-refractivity contribution in [2.75, 3.05) is 33.9 Å². The number of fused-ring (bicyclic) bond motifs is 8. The molecule has 6 rings (SSSR count). The van der Waals surface area contributed by atoms with Crippen molar-refractivity contribution in [1.82, 2.24) is 20.5 Å². The Bertz CT molecular complexity index is 1870. The van der Waals surface area contributed by atoms with Crippen LogP contribution < -0.4 is 29.6 Å². The number of likely N-dealkylation sites (tertiary alicyclic amines) is 1. The molecule has 0 aliphatic carbocycles. The third-order valence-corrected chi connectivity index (χ3v) is 8.29. The standard InChI is InChI=1S/C36H35FN4O7/c1-21-11-29(33(46-3)18-38-21)36(44)41-10-9-32-30(19-41)40-35(43)24-7-8-31(45-2)28(15-24)23-5-4-6-26(14-23)47-20-34(42)39-17-22-12-25(37)16-27(13-22)48-32/h4-8,11-16,18,30,32H,9-10,17,19-20H2,1-3H3,(H,39,42)(H,40,43)/t30-,32-/m1/s1. The number of benzene rings is 3. The Morgan fingerprint density at radius 1 is 0.979 bits per heavy atom. The maximum absolute atomic E-state index is 14.8. The Kier molecular flexibility index (Phi) is 9.42. The summed E-state index contributed by atoms with van der Waals surface area (Å²) < 4.78 is 37.8. The van der Waals surface area contributed by atoms with Crippen LogP contribution in [0.2, 0.25) is 0 Å². The molecule has 11 nitrogen and oxygen atoms in total. The third kappa shape index (κ3) is 7.17. The van der Waals surface area contributed by atoms with Gasteiger partial charge < -0.3 is 34.5 Å². The lowest BCUT2D eigenvalue weighted by Gasteiger charge is -2.39. The van der Waals surface area contributed by atoms with E-state index in [4.69, 9.17) is 18.9 Å². The van der Waals surface area contributed by atoms with Crippen LogP contribution >= 0.6 is 0 Å². The molecular weight excluding hydrogens is 619 g/mol. The summed E-state index contributed by atoms with van der Waals surface area (Å²) in [7, 11) is 3.01. The van der Waals surface area contributed by atoms with Crippen LogP contribution in [0.15, 0.2) is 72.9 Å². The van der Waals surface area contributed by atoms with Crippen molar-refractivity contribution in [2.24, 2.45) is 0 Å². The van der Waals surface area contributed by atoms with Crippen LogP contribution in [-0.4, -0.2) is 73.7 Å². The van der Waals surface area contributed by atoms with E-state index in [0.717, 1.165) is 0 Å². The average Bonchev–Trinajstić information content (AvgIpc) is 3.09. The second-order valence-electron chi connectivity index (χ2n) is 11.6. The number of rotatable bonds is 3. The van der Waals surface area contributed by atoms with Crippen LogP contribution in [0.4, 0.5) is 4.39 Å². The average molecular weight is 655 g/mol. The fourth-order valence-corrected chi connectivity index (χ4v) is 5.89. The zero-order chi connectivity index (χ0) is 33.8. The number of hydrogen-bond donors (Lipinski definition) is 2. The van der Waals surface area contributed by atoms with Gasteiger partial charge in [-0.05, 0) is 66.6 Å². The maximum atomic E-state index is 14.8. The molecule has 248 valence electrons. The van der Waals surface area contributed by atoms with Gasteiger partial charge in [0, 0.05) is 48.9 Å². The molecule has 2 atom stereocenters. The van der Waals surface area contributed by atoms with E-state index in [-0.39, 0.29) is 31.4 Å². The predicted octanol–water partition coefficient (Wildman–Crippen LogP) is 4.31. The van der Waals surface area contributed by atoms with Gasteiger partial charge >= 0.3 is 0 Å². The highest BCUT2D eigenvalue weighted by Crippen LogP contribution is 2.33. The summed E-state index contributed by atoms with van der Waals surface area (Å²) in [6.45, 7) is 1.99. The highest BCUT2D eigenvalue weighted by molar-refractivity contribution is 5.98. The first kappa shape index (κ1) is 32.3. The van der Waals surface area contributed by atoms with Gasteiger partial charge in [-0.3, -0.25) is 19.4 Å². The molecule has 6 bridgehead atoms. The number of carbonyl (C=O) groups is 3. The summed E-state index contributed by atoms with van der Waals surface area (Å²) in [6.07, 6.45) is 1.23. The normalized spacial score (nSPS) is 18.0. The van der Waals surface area contributed by atoms with Gasteiger partial charge in [-0.15, -0.1) is 0 Å². The summed E-state index contributed by atoms with van der Waals surface area (Å²) in [5.74, 6) is -0.0740. The van der Waals surface area contributed by atoms with Gasteiger partial charge in [-0.25, -0.2) is 4.39 Å². The van der Waals surface area contributed by atoms with Crippen LogP contribution in [0.3, 0.4) is 0 Å². The van der Waals surface area contributed by atoms with E-state index in [9.17, 15) is 18.8 Å². The molecule has 1 saturated heterocycles. The molecule has 1 fully saturated rings. The lowest BCUT2D eigenvalue weighted by Crippen LogP contribution is -2.58. The molecule has 3 heterocycles. The fraction of sp³-hybridized carbons (Fsp3) is 0.278. The van der Waals surface area contributed by atoms with E-state index in [0.29, 0.717) is 63.7 Å². The van der Waals surface area contributed by atoms with Crippen LogP contribution in [0, 0.1) is 12.7 Å². The molecule has 48 heavy (non-hydrogen) atoms. The first-order valence-corrected chi connectivity index (χ1v) is 15.5. The number of carbonyl (C=O) groups excluding carboxylic acids is 3. The van der Waals surface area contributed by atoms with Crippen molar-refractivity contribution in [3.8, 4) is 34.1 Å². The Morgan fingerprint density at radius 2 is 1.81 bits per heavy atom. The zero-order valence-electron chi connectivity index (χ0n) is 26.7. The SMILES string of the molecule is COc1cnc(C)cc1C(=O)N1CC[C@H]2Oc3cc(F)cc(c3)CNC(=O)COc3cccc(c3)-c3cc(ccc3OC)C(=O)N[C@@H]2C1. The summed E-state index contributed by atoms with van der Waals surface area (Å²) in [5, 5.41) is 5.82. The number of aromatic nitrogens is 1. The third-order valence-electron chi connectivity index (χ3n) is 8.29. The first-order valence-electron chi connectivity index (χ1n) is 15.5. The van der Waals surface area contributed by atoms with E-state index < -0.39 is 29.8 Å². The number of hydrogen-bond acceptors (Lipinski definition) is 8. The lowest BCUT2D eigenvalue weighted by molar-refractivity contribution is -0.123. The van der Waals surface area contributed by atoms with Crippen molar-refractivity contribution in [2.45, 2.75) is 32.0 Å². The van der Waals surface area contributed by atoms with Gasteiger partial charge in [0.05, 0.1) is 32.0 Å². The number of methoxy groups -OCH3 is 2. The van der Waals surface area contributed by atoms with Crippen LogP contribution in [0.25, 0.3) is 11.1 Å². The number of halogens is 1. The maximum Gasteiger partial charge on any atom is 0.258 e. The van der Waals surface area contributed by atoms with E-state index in [1.54, 1.807) is 60.4 Å². The summed E-state index contributed by atoms with van der Waals surface area (Å²) in [6, 6.07) is 17.3. The molecule has 12 heteroatoms. The number of ether oxygens (including phenoxy) is 4. The highest BCUT2D eigenvalue weighted by atomic mass is 19.1.